The number of carbonyl (C=O) groups is 1. The van der Waals surface area contributed by atoms with E-state index in [1.165, 1.54) is 0 Å². The van der Waals surface area contributed by atoms with Gasteiger partial charge >= 0.3 is 0 Å². The Morgan fingerprint density at radius 3 is 2.69 bits per heavy atom. The monoisotopic (exact) mass is 369 g/mol. The first-order valence-corrected chi connectivity index (χ1v) is 8.80. The van der Waals surface area contributed by atoms with Gasteiger partial charge in [0.25, 0.3) is 5.91 Å². The molecule has 1 aromatic heterocycles. The molecule has 3 aromatic rings. The number of halogens is 1. The molecule has 2 aromatic carbocycles. The predicted octanol–water partition coefficient (Wildman–Crippen LogP) is 4.42. The van der Waals surface area contributed by atoms with Crippen molar-refractivity contribution in [2.24, 2.45) is 0 Å². The van der Waals surface area contributed by atoms with Gasteiger partial charge in [-0.3, -0.25) is 4.79 Å². The fourth-order valence-electron chi connectivity index (χ4n) is 2.58. The lowest BCUT2D eigenvalue weighted by atomic mass is 10.1. The highest BCUT2D eigenvalue weighted by molar-refractivity contribution is 6.30. The molecule has 1 atom stereocenters. The van der Waals surface area contributed by atoms with Crippen molar-refractivity contribution >= 4 is 17.5 Å². The van der Waals surface area contributed by atoms with E-state index in [4.69, 9.17) is 16.3 Å². The predicted molar refractivity (Wildman–Crippen MR) is 102 cm³/mol. The third-order valence-corrected chi connectivity index (χ3v) is 4.17. The molecule has 1 heterocycles. The summed E-state index contributed by atoms with van der Waals surface area (Å²) in [4.78, 5) is 12.5. The lowest BCUT2D eigenvalue weighted by Gasteiger charge is -2.14. The fraction of sp³-hybridized carbons (Fsp3) is 0.200. The minimum atomic E-state index is -0.229. The van der Waals surface area contributed by atoms with Crippen LogP contribution in [0.25, 0.3) is 5.69 Å². The largest absolute Gasteiger partial charge is 0.494 e. The van der Waals surface area contributed by atoms with E-state index in [1.807, 2.05) is 50.2 Å². The molecule has 0 fully saturated rings. The van der Waals surface area contributed by atoms with E-state index in [-0.39, 0.29) is 11.9 Å². The first kappa shape index (κ1) is 18.0. The maximum atomic E-state index is 12.5. The second-order valence-electron chi connectivity index (χ2n) is 5.82. The van der Waals surface area contributed by atoms with Gasteiger partial charge in [-0.15, -0.1) is 0 Å². The van der Waals surface area contributed by atoms with Crippen LogP contribution in [0.15, 0.2) is 60.8 Å². The smallest absolute Gasteiger partial charge is 0.272 e. The molecule has 0 saturated carbocycles. The molecule has 0 aliphatic rings. The maximum absolute atomic E-state index is 12.5. The quantitative estimate of drug-likeness (QED) is 0.700. The molecule has 0 aliphatic heterocycles. The number of benzene rings is 2. The molecule has 5 nitrogen and oxygen atoms in total. The fourth-order valence-corrected chi connectivity index (χ4v) is 2.77. The van der Waals surface area contributed by atoms with Gasteiger partial charge in [0.2, 0.25) is 0 Å². The van der Waals surface area contributed by atoms with Crippen molar-refractivity contribution in [3.05, 3.63) is 77.1 Å². The molecular formula is C20H20ClN3O2. The second-order valence-corrected chi connectivity index (χ2v) is 6.26. The second kappa shape index (κ2) is 8.06. The van der Waals surface area contributed by atoms with Crippen LogP contribution in [-0.2, 0) is 0 Å². The van der Waals surface area contributed by atoms with Crippen LogP contribution in [0.3, 0.4) is 0 Å². The molecule has 0 aliphatic carbocycles. The summed E-state index contributed by atoms with van der Waals surface area (Å²) in [6, 6.07) is 16.5. The topological polar surface area (TPSA) is 56.1 Å². The van der Waals surface area contributed by atoms with Crippen molar-refractivity contribution in [3.8, 4) is 11.4 Å². The van der Waals surface area contributed by atoms with Crippen LogP contribution in [-0.4, -0.2) is 22.3 Å². The summed E-state index contributed by atoms with van der Waals surface area (Å²) >= 11 is 6.00. The Balaban J connectivity index is 1.68. The Bertz CT molecular complexity index is 890. The zero-order valence-corrected chi connectivity index (χ0v) is 15.4. The third-order valence-electron chi connectivity index (χ3n) is 3.93. The standard InChI is InChI=1S/C20H20ClN3O2/c1-3-26-18-9-7-15(8-10-18)14(2)22-20(25)19-11-12-24(23-19)17-6-4-5-16(21)13-17/h4-14H,3H2,1-2H3,(H,22,25). The van der Waals surface area contributed by atoms with Gasteiger partial charge in [0, 0.05) is 11.2 Å². The van der Waals surface area contributed by atoms with Gasteiger partial charge in [-0.1, -0.05) is 29.8 Å². The normalized spacial score (nSPS) is 11.8. The van der Waals surface area contributed by atoms with E-state index >= 15 is 0 Å². The summed E-state index contributed by atoms with van der Waals surface area (Å²) in [5.41, 5.74) is 2.15. The molecule has 0 bridgehead atoms. The summed E-state index contributed by atoms with van der Waals surface area (Å²) in [7, 11) is 0. The van der Waals surface area contributed by atoms with E-state index in [0.717, 1.165) is 17.0 Å². The van der Waals surface area contributed by atoms with Crippen molar-refractivity contribution in [2.75, 3.05) is 6.61 Å². The highest BCUT2D eigenvalue weighted by atomic mass is 35.5. The number of rotatable bonds is 6. The summed E-state index contributed by atoms with van der Waals surface area (Å²) in [5, 5.41) is 7.91. The maximum Gasteiger partial charge on any atom is 0.272 e. The number of amides is 1. The Morgan fingerprint density at radius 2 is 2.00 bits per heavy atom. The Morgan fingerprint density at radius 1 is 1.23 bits per heavy atom. The highest BCUT2D eigenvalue weighted by Crippen LogP contribution is 2.18. The average Bonchev–Trinajstić information content (AvgIpc) is 3.13. The van der Waals surface area contributed by atoms with Gasteiger partial charge in [0.1, 0.15) is 5.75 Å². The van der Waals surface area contributed by atoms with Crippen molar-refractivity contribution < 1.29 is 9.53 Å². The number of hydrogen-bond acceptors (Lipinski definition) is 3. The first-order valence-electron chi connectivity index (χ1n) is 8.42. The SMILES string of the molecule is CCOc1ccc(C(C)NC(=O)c2ccn(-c3cccc(Cl)c3)n2)cc1. The molecule has 0 saturated heterocycles. The van der Waals surface area contributed by atoms with Crippen LogP contribution >= 0.6 is 11.6 Å². The Labute approximate surface area is 157 Å². The van der Waals surface area contributed by atoms with Crippen LogP contribution in [0.5, 0.6) is 5.75 Å². The molecule has 134 valence electrons. The van der Waals surface area contributed by atoms with Crippen molar-refractivity contribution in [1.82, 2.24) is 15.1 Å². The molecule has 1 N–H and O–H groups in total. The summed E-state index contributed by atoms with van der Waals surface area (Å²) in [6.07, 6.45) is 1.74. The first-order chi connectivity index (χ1) is 12.6. The van der Waals surface area contributed by atoms with E-state index in [2.05, 4.69) is 10.4 Å². The summed E-state index contributed by atoms with van der Waals surface area (Å²) in [6.45, 7) is 4.50. The average molecular weight is 370 g/mol. The molecule has 1 unspecified atom stereocenters. The van der Waals surface area contributed by atoms with Gasteiger partial charge in [0.15, 0.2) is 5.69 Å². The van der Waals surface area contributed by atoms with Crippen LogP contribution in [0.2, 0.25) is 5.02 Å². The molecule has 6 heteroatoms. The van der Waals surface area contributed by atoms with Crippen molar-refractivity contribution in [1.29, 1.82) is 0 Å². The number of nitrogens with one attached hydrogen (secondary N) is 1. The van der Waals surface area contributed by atoms with E-state index in [9.17, 15) is 4.79 Å². The summed E-state index contributed by atoms with van der Waals surface area (Å²) < 4.78 is 7.06. The molecule has 1 amide bonds. The molecule has 26 heavy (non-hydrogen) atoms. The third kappa shape index (κ3) is 4.24. The number of carbonyl (C=O) groups excluding carboxylic acids is 1. The van der Waals surface area contributed by atoms with Gasteiger partial charge in [-0.05, 0) is 55.8 Å². The zero-order chi connectivity index (χ0) is 18.5. The lowest BCUT2D eigenvalue weighted by molar-refractivity contribution is 0.0934. The summed E-state index contributed by atoms with van der Waals surface area (Å²) in [5.74, 6) is 0.585. The van der Waals surface area contributed by atoms with Crippen LogP contribution in [0.1, 0.15) is 35.9 Å². The number of aromatic nitrogens is 2. The number of hydrogen-bond donors (Lipinski definition) is 1. The molecule has 0 spiro atoms. The van der Waals surface area contributed by atoms with Crippen molar-refractivity contribution in [2.45, 2.75) is 19.9 Å². The molecular weight excluding hydrogens is 350 g/mol. The number of nitrogens with zero attached hydrogens (tertiary/aromatic N) is 2. The van der Waals surface area contributed by atoms with Crippen LogP contribution in [0, 0.1) is 0 Å². The van der Waals surface area contributed by atoms with Gasteiger partial charge in [-0.25, -0.2) is 4.68 Å². The minimum absolute atomic E-state index is 0.144. The van der Waals surface area contributed by atoms with E-state index in [0.29, 0.717) is 17.3 Å². The van der Waals surface area contributed by atoms with Gasteiger partial charge < -0.3 is 10.1 Å². The van der Waals surface area contributed by atoms with Crippen LogP contribution in [0.4, 0.5) is 0 Å². The highest BCUT2D eigenvalue weighted by Gasteiger charge is 2.14. The zero-order valence-electron chi connectivity index (χ0n) is 14.6. The molecule has 0 radical (unpaired) electrons. The van der Waals surface area contributed by atoms with Crippen LogP contribution < -0.4 is 10.1 Å². The Hall–Kier alpha value is -2.79. The minimum Gasteiger partial charge on any atom is -0.494 e. The van der Waals surface area contributed by atoms with Crippen molar-refractivity contribution in [3.63, 3.8) is 0 Å². The molecule has 3 rings (SSSR count). The van der Waals surface area contributed by atoms with E-state index < -0.39 is 0 Å². The van der Waals surface area contributed by atoms with Gasteiger partial charge in [-0.2, -0.15) is 5.10 Å². The van der Waals surface area contributed by atoms with E-state index in [1.54, 1.807) is 29.1 Å². The number of ether oxygens (including phenoxy) is 1. The Kier molecular flexibility index (Phi) is 5.58. The van der Waals surface area contributed by atoms with Gasteiger partial charge in [0.05, 0.1) is 18.3 Å². The lowest BCUT2D eigenvalue weighted by Crippen LogP contribution is -2.27.